The lowest BCUT2D eigenvalue weighted by Gasteiger charge is -2.12. The Hall–Kier alpha value is -2.89. The van der Waals surface area contributed by atoms with Crippen LogP contribution in [-0.2, 0) is 0 Å². The third-order valence-corrected chi connectivity index (χ3v) is 3.35. The Kier molecular flexibility index (Phi) is 3.27. The quantitative estimate of drug-likeness (QED) is 0.683. The van der Waals surface area contributed by atoms with E-state index in [0.29, 0.717) is 10.9 Å². The van der Waals surface area contributed by atoms with E-state index in [1.165, 1.54) is 6.07 Å². The number of pyridine rings is 1. The summed E-state index contributed by atoms with van der Waals surface area (Å²) in [5, 5.41) is 9.93. The van der Waals surface area contributed by atoms with Gasteiger partial charge in [-0.25, -0.2) is 0 Å². The highest BCUT2D eigenvalue weighted by Crippen LogP contribution is 2.11. The van der Waals surface area contributed by atoms with Gasteiger partial charge in [0, 0.05) is 28.7 Å². The number of fused-ring (bicyclic) bond motifs is 1. The molecule has 1 aromatic carbocycles. The molecule has 0 bridgehead atoms. The van der Waals surface area contributed by atoms with E-state index in [1.807, 2.05) is 13.0 Å². The van der Waals surface area contributed by atoms with Crippen molar-refractivity contribution in [3.63, 3.8) is 0 Å². The van der Waals surface area contributed by atoms with E-state index in [1.54, 1.807) is 30.6 Å². The number of carbonyl (C=O) groups is 1. The molecule has 3 aromatic rings. The maximum absolute atomic E-state index is 12.2. The van der Waals surface area contributed by atoms with Gasteiger partial charge in [0.1, 0.15) is 5.69 Å². The maximum Gasteiger partial charge on any atom is 0.268 e. The Morgan fingerprint density at radius 3 is 2.90 bits per heavy atom. The summed E-state index contributed by atoms with van der Waals surface area (Å²) in [5.74, 6) is -0.327. The molecule has 6 heteroatoms. The third-order valence-electron chi connectivity index (χ3n) is 3.35. The Labute approximate surface area is 120 Å². The summed E-state index contributed by atoms with van der Waals surface area (Å²) in [7, 11) is 0. The fourth-order valence-electron chi connectivity index (χ4n) is 2.17. The standard InChI is InChI=1S/C15H14N4O2/c1-9(10-7-16-17-8-10)18-15(21)13-6-14(20)11-4-2-3-5-12(11)19-13/h2-9H,1H3,(H,16,17)(H,18,21)(H,19,20). The molecule has 2 aromatic heterocycles. The second-order valence-corrected chi connectivity index (χ2v) is 4.82. The predicted octanol–water partition coefficient (Wildman–Crippen LogP) is 1.74. The van der Waals surface area contributed by atoms with Crippen molar-refractivity contribution in [2.75, 3.05) is 0 Å². The van der Waals surface area contributed by atoms with Gasteiger partial charge in [0.2, 0.25) is 0 Å². The minimum Gasteiger partial charge on any atom is -0.350 e. The number of H-pyrrole nitrogens is 2. The molecule has 1 amide bonds. The Morgan fingerprint density at radius 2 is 2.14 bits per heavy atom. The second-order valence-electron chi connectivity index (χ2n) is 4.82. The van der Waals surface area contributed by atoms with Crippen molar-refractivity contribution >= 4 is 16.8 Å². The van der Waals surface area contributed by atoms with Crippen LogP contribution in [0.15, 0.2) is 47.5 Å². The number of benzene rings is 1. The summed E-state index contributed by atoms with van der Waals surface area (Å²) < 4.78 is 0. The van der Waals surface area contributed by atoms with E-state index >= 15 is 0 Å². The molecule has 6 nitrogen and oxygen atoms in total. The minimum absolute atomic E-state index is 0.175. The van der Waals surface area contributed by atoms with Crippen LogP contribution in [0.2, 0.25) is 0 Å². The molecule has 3 rings (SSSR count). The van der Waals surface area contributed by atoms with Gasteiger partial charge in [0.15, 0.2) is 5.43 Å². The number of hydrogen-bond acceptors (Lipinski definition) is 3. The van der Waals surface area contributed by atoms with Gasteiger partial charge < -0.3 is 10.3 Å². The van der Waals surface area contributed by atoms with Gasteiger partial charge in [-0.3, -0.25) is 14.7 Å². The average Bonchev–Trinajstić information content (AvgIpc) is 3.01. The van der Waals surface area contributed by atoms with Crippen LogP contribution < -0.4 is 10.7 Å². The molecule has 1 atom stereocenters. The van der Waals surface area contributed by atoms with Crippen molar-refractivity contribution in [3.05, 3.63) is 64.2 Å². The summed E-state index contributed by atoms with van der Waals surface area (Å²) in [6.45, 7) is 1.85. The van der Waals surface area contributed by atoms with Crippen molar-refractivity contribution in [2.24, 2.45) is 0 Å². The van der Waals surface area contributed by atoms with Gasteiger partial charge in [-0.05, 0) is 19.1 Å². The first-order valence-corrected chi connectivity index (χ1v) is 6.57. The lowest BCUT2D eigenvalue weighted by molar-refractivity contribution is 0.0935. The molecule has 21 heavy (non-hydrogen) atoms. The van der Waals surface area contributed by atoms with Crippen molar-refractivity contribution in [3.8, 4) is 0 Å². The number of aromatic nitrogens is 3. The predicted molar refractivity (Wildman–Crippen MR) is 79.0 cm³/mol. The lowest BCUT2D eigenvalue weighted by atomic mass is 10.1. The molecule has 0 aliphatic rings. The highest BCUT2D eigenvalue weighted by molar-refractivity contribution is 5.95. The second kappa shape index (κ2) is 5.24. The SMILES string of the molecule is CC(NC(=O)c1cc(=O)c2ccccc2[nH]1)c1cn[nH]c1. The molecule has 0 saturated heterocycles. The number of nitrogens with zero attached hydrogens (tertiary/aromatic N) is 1. The van der Waals surface area contributed by atoms with Gasteiger partial charge >= 0.3 is 0 Å². The molecule has 3 N–H and O–H groups in total. The van der Waals surface area contributed by atoms with Gasteiger partial charge in [-0.15, -0.1) is 0 Å². The van der Waals surface area contributed by atoms with Gasteiger partial charge in [-0.2, -0.15) is 5.10 Å². The van der Waals surface area contributed by atoms with E-state index in [-0.39, 0.29) is 23.1 Å². The third kappa shape index (κ3) is 2.55. The van der Waals surface area contributed by atoms with Crippen LogP contribution in [0.3, 0.4) is 0 Å². The molecule has 2 heterocycles. The molecule has 0 aliphatic heterocycles. The number of nitrogens with one attached hydrogen (secondary N) is 3. The highest BCUT2D eigenvalue weighted by atomic mass is 16.2. The van der Waals surface area contributed by atoms with Crippen molar-refractivity contribution < 1.29 is 4.79 Å². The first-order chi connectivity index (χ1) is 10.1. The van der Waals surface area contributed by atoms with Crippen LogP contribution in [0.4, 0.5) is 0 Å². The molecule has 106 valence electrons. The van der Waals surface area contributed by atoms with Gasteiger partial charge in [0.05, 0.1) is 12.2 Å². The first kappa shape index (κ1) is 13.1. The Bertz CT molecular complexity index is 836. The summed E-state index contributed by atoms with van der Waals surface area (Å²) in [4.78, 5) is 27.2. The summed E-state index contributed by atoms with van der Waals surface area (Å²) in [6, 6.07) is 8.22. The molecule has 1 unspecified atom stereocenters. The van der Waals surface area contributed by atoms with Crippen molar-refractivity contribution in [1.29, 1.82) is 0 Å². The van der Waals surface area contributed by atoms with E-state index in [9.17, 15) is 9.59 Å². The number of aromatic amines is 2. The topological polar surface area (TPSA) is 90.6 Å². The van der Waals surface area contributed by atoms with Crippen molar-refractivity contribution in [2.45, 2.75) is 13.0 Å². The van der Waals surface area contributed by atoms with E-state index in [4.69, 9.17) is 0 Å². The van der Waals surface area contributed by atoms with Crippen LogP contribution in [-0.4, -0.2) is 21.1 Å². The van der Waals surface area contributed by atoms with Crippen LogP contribution in [0.1, 0.15) is 29.0 Å². The van der Waals surface area contributed by atoms with E-state index in [2.05, 4.69) is 20.5 Å². The number of amides is 1. The monoisotopic (exact) mass is 282 g/mol. The average molecular weight is 282 g/mol. The number of carbonyl (C=O) groups excluding carboxylic acids is 1. The first-order valence-electron chi connectivity index (χ1n) is 6.57. The minimum atomic E-state index is -0.327. The largest absolute Gasteiger partial charge is 0.350 e. The smallest absolute Gasteiger partial charge is 0.268 e. The zero-order valence-electron chi connectivity index (χ0n) is 11.4. The van der Waals surface area contributed by atoms with Gasteiger partial charge in [0.25, 0.3) is 5.91 Å². The van der Waals surface area contributed by atoms with Gasteiger partial charge in [-0.1, -0.05) is 12.1 Å². The zero-order chi connectivity index (χ0) is 14.8. The molecular formula is C15H14N4O2. The fraction of sp³-hybridized carbons (Fsp3) is 0.133. The molecule has 0 radical (unpaired) electrons. The van der Waals surface area contributed by atoms with Crippen LogP contribution in [0, 0.1) is 0 Å². The Morgan fingerprint density at radius 1 is 1.33 bits per heavy atom. The van der Waals surface area contributed by atoms with E-state index < -0.39 is 0 Å². The van der Waals surface area contributed by atoms with Crippen LogP contribution in [0.25, 0.3) is 10.9 Å². The number of para-hydroxylation sites is 1. The highest BCUT2D eigenvalue weighted by Gasteiger charge is 2.14. The molecule has 0 spiro atoms. The Balaban J connectivity index is 1.90. The zero-order valence-corrected chi connectivity index (χ0v) is 11.4. The molecule has 0 saturated carbocycles. The number of rotatable bonds is 3. The van der Waals surface area contributed by atoms with E-state index in [0.717, 1.165) is 5.56 Å². The molecule has 0 aliphatic carbocycles. The summed E-state index contributed by atoms with van der Waals surface area (Å²) in [6.07, 6.45) is 3.36. The molecule has 0 fully saturated rings. The van der Waals surface area contributed by atoms with Crippen molar-refractivity contribution in [1.82, 2.24) is 20.5 Å². The maximum atomic E-state index is 12.2. The molecular weight excluding hydrogens is 268 g/mol. The number of hydrogen-bond donors (Lipinski definition) is 3. The fourth-order valence-corrected chi connectivity index (χ4v) is 2.17. The summed E-state index contributed by atoms with van der Waals surface area (Å²) in [5.41, 5.74) is 1.58. The lowest BCUT2D eigenvalue weighted by Crippen LogP contribution is -2.28. The normalized spacial score (nSPS) is 12.2. The van der Waals surface area contributed by atoms with Crippen LogP contribution in [0.5, 0.6) is 0 Å². The van der Waals surface area contributed by atoms with Crippen LogP contribution >= 0.6 is 0 Å². The summed E-state index contributed by atoms with van der Waals surface area (Å²) >= 11 is 0.